The number of H-pyrrole nitrogens is 1. The van der Waals surface area contributed by atoms with Crippen molar-refractivity contribution < 1.29 is 4.57 Å². The maximum Gasteiger partial charge on any atom is 0.257 e. The Hall–Kier alpha value is -0.790. The zero-order valence-electron chi connectivity index (χ0n) is 17.7. The second-order valence-electron chi connectivity index (χ2n) is 8.16. The number of imidazole rings is 1. The average Bonchev–Trinajstić information content (AvgIpc) is 3.08. The Kier molecular flexibility index (Phi) is 12.8. The predicted octanol–water partition coefficient (Wildman–Crippen LogP) is 7.47. The van der Waals surface area contributed by atoms with E-state index in [1.165, 1.54) is 95.7 Å². The maximum atomic E-state index is 3.52. The minimum absolute atomic E-state index is 0.554. The van der Waals surface area contributed by atoms with E-state index in [4.69, 9.17) is 0 Å². The quantitative estimate of drug-likeness (QED) is 0.236. The Morgan fingerprint density at radius 3 is 1.84 bits per heavy atom. The molecule has 25 heavy (non-hydrogen) atoms. The molecule has 0 amide bonds. The van der Waals surface area contributed by atoms with Crippen LogP contribution >= 0.6 is 0 Å². The molecule has 1 rings (SSSR count). The average molecular weight is 350 g/mol. The van der Waals surface area contributed by atoms with E-state index >= 15 is 0 Å². The normalized spacial score (nSPS) is 12.8. The highest BCUT2D eigenvalue weighted by atomic mass is 15.1. The molecule has 0 aliphatic rings. The van der Waals surface area contributed by atoms with Gasteiger partial charge in [-0.05, 0) is 26.7 Å². The van der Waals surface area contributed by atoms with Crippen molar-refractivity contribution in [2.24, 2.45) is 0 Å². The third-order valence-electron chi connectivity index (χ3n) is 5.48. The SMILES string of the molecule is CCCCCCCCCCCCC[C@H](CCC)c1[nH]cc[n+]1C(C)C. The molecular weight excluding hydrogens is 304 g/mol. The largest absolute Gasteiger partial charge is 0.257 e. The van der Waals surface area contributed by atoms with Crippen molar-refractivity contribution in [2.75, 3.05) is 0 Å². The van der Waals surface area contributed by atoms with Gasteiger partial charge in [0.2, 0.25) is 0 Å². The smallest absolute Gasteiger partial charge is 0.247 e. The Labute approximate surface area is 157 Å². The van der Waals surface area contributed by atoms with Gasteiger partial charge in [0.05, 0.1) is 12.0 Å². The molecule has 1 heterocycles. The van der Waals surface area contributed by atoms with E-state index < -0.39 is 0 Å². The van der Waals surface area contributed by atoms with Crippen LogP contribution < -0.4 is 4.57 Å². The molecule has 0 spiro atoms. The van der Waals surface area contributed by atoms with Gasteiger partial charge in [0.15, 0.2) is 0 Å². The molecule has 1 aromatic rings. The lowest BCUT2D eigenvalue weighted by Gasteiger charge is -2.14. The van der Waals surface area contributed by atoms with Gasteiger partial charge in [-0.1, -0.05) is 90.9 Å². The number of hydrogen-bond acceptors (Lipinski definition) is 0. The van der Waals surface area contributed by atoms with Crippen LogP contribution in [0.2, 0.25) is 0 Å². The molecule has 0 fully saturated rings. The van der Waals surface area contributed by atoms with E-state index in [1.54, 1.807) is 0 Å². The molecule has 0 saturated carbocycles. The van der Waals surface area contributed by atoms with Crippen molar-refractivity contribution in [3.8, 4) is 0 Å². The van der Waals surface area contributed by atoms with Gasteiger partial charge in [-0.25, -0.2) is 9.55 Å². The molecule has 1 N–H and O–H groups in total. The van der Waals surface area contributed by atoms with Gasteiger partial charge in [-0.15, -0.1) is 0 Å². The van der Waals surface area contributed by atoms with E-state index in [-0.39, 0.29) is 0 Å². The number of rotatable bonds is 16. The summed E-state index contributed by atoms with van der Waals surface area (Å²) in [5.74, 6) is 2.16. The van der Waals surface area contributed by atoms with Crippen LogP contribution in [0.25, 0.3) is 0 Å². The number of nitrogens with zero attached hydrogens (tertiary/aromatic N) is 1. The van der Waals surface area contributed by atoms with Gasteiger partial charge in [0.1, 0.15) is 12.4 Å². The fraction of sp³-hybridized carbons (Fsp3) is 0.870. The molecular formula is C23H45N2+. The van der Waals surface area contributed by atoms with Crippen molar-refractivity contribution in [3.63, 3.8) is 0 Å². The minimum Gasteiger partial charge on any atom is -0.247 e. The van der Waals surface area contributed by atoms with Crippen molar-refractivity contribution in [1.29, 1.82) is 0 Å². The van der Waals surface area contributed by atoms with E-state index in [0.29, 0.717) is 12.0 Å². The molecule has 0 saturated heterocycles. The number of aromatic nitrogens is 2. The van der Waals surface area contributed by atoms with Crippen LogP contribution in [0.15, 0.2) is 12.4 Å². The molecule has 1 aromatic heterocycles. The summed E-state index contributed by atoms with van der Waals surface area (Å²) in [6.07, 6.45) is 24.0. The Balaban J connectivity index is 2.14. The van der Waals surface area contributed by atoms with Crippen LogP contribution in [0.3, 0.4) is 0 Å². The van der Waals surface area contributed by atoms with Crippen LogP contribution in [0, 0.1) is 0 Å². The second kappa shape index (κ2) is 14.4. The third kappa shape index (κ3) is 9.47. The Morgan fingerprint density at radius 1 is 0.760 bits per heavy atom. The first-order valence-corrected chi connectivity index (χ1v) is 11.3. The number of aromatic amines is 1. The van der Waals surface area contributed by atoms with Gasteiger partial charge in [0.25, 0.3) is 5.82 Å². The second-order valence-corrected chi connectivity index (χ2v) is 8.16. The summed E-state index contributed by atoms with van der Waals surface area (Å²) < 4.78 is 2.43. The van der Waals surface area contributed by atoms with E-state index in [0.717, 1.165) is 0 Å². The van der Waals surface area contributed by atoms with Crippen LogP contribution in [-0.4, -0.2) is 4.98 Å². The molecule has 2 heteroatoms. The number of unbranched alkanes of at least 4 members (excludes halogenated alkanes) is 10. The Morgan fingerprint density at radius 2 is 1.32 bits per heavy atom. The fourth-order valence-electron chi connectivity index (χ4n) is 3.96. The summed E-state index contributed by atoms with van der Waals surface area (Å²) in [4.78, 5) is 3.52. The van der Waals surface area contributed by atoms with Gasteiger partial charge < -0.3 is 0 Å². The predicted molar refractivity (Wildman–Crippen MR) is 110 cm³/mol. The summed E-state index contributed by atoms with van der Waals surface area (Å²) in [5, 5.41) is 0. The summed E-state index contributed by atoms with van der Waals surface area (Å²) in [6.45, 7) is 9.17. The zero-order chi connectivity index (χ0) is 18.3. The summed E-state index contributed by atoms with van der Waals surface area (Å²) in [7, 11) is 0. The highest BCUT2D eigenvalue weighted by Gasteiger charge is 2.23. The van der Waals surface area contributed by atoms with Crippen molar-refractivity contribution in [3.05, 3.63) is 18.2 Å². The first-order chi connectivity index (χ1) is 12.2. The summed E-state index contributed by atoms with van der Waals surface area (Å²) >= 11 is 0. The van der Waals surface area contributed by atoms with Crippen molar-refractivity contribution in [1.82, 2.24) is 4.98 Å². The number of hydrogen-bond donors (Lipinski definition) is 1. The topological polar surface area (TPSA) is 19.7 Å². The maximum absolute atomic E-state index is 3.52. The van der Waals surface area contributed by atoms with Gasteiger partial charge in [-0.2, -0.15) is 0 Å². The zero-order valence-corrected chi connectivity index (χ0v) is 17.7. The lowest BCUT2D eigenvalue weighted by atomic mass is 9.94. The molecule has 0 aliphatic carbocycles. The third-order valence-corrected chi connectivity index (χ3v) is 5.48. The van der Waals surface area contributed by atoms with Gasteiger partial charge in [-0.3, -0.25) is 0 Å². The highest BCUT2D eigenvalue weighted by molar-refractivity contribution is 4.90. The first kappa shape index (κ1) is 22.3. The molecule has 1 atom stereocenters. The number of nitrogens with one attached hydrogen (secondary N) is 1. The molecule has 0 bridgehead atoms. The Bertz CT molecular complexity index is 408. The van der Waals surface area contributed by atoms with E-state index in [2.05, 4.69) is 49.6 Å². The summed E-state index contributed by atoms with van der Waals surface area (Å²) in [5.41, 5.74) is 0. The van der Waals surface area contributed by atoms with Crippen LogP contribution in [-0.2, 0) is 0 Å². The molecule has 0 aromatic carbocycles. The lowest BCUT2D eigenvalue weighted by Crippen LogP contribution is -2.39. The highest BCUT2D eigenvalue weighted by Crippen LogP contribution is 2.25. The van der Waals surface area contributed by atoms with Gasteiger partial charge in [0, 0.05) is 0 Å². The van der Waals surface area contributed by atoms with Crippen LogP contribution in [0.5, 0.6) is 0 Å². The monoisotopic (exact) mass is 349 g/mol. The van der Waals surface area contributed by atoms with Crippen molar-refractivity contribution >= 4 is 0 Å². The standard InChI is InChI=1S/C23H44N2/c1-5-7-8-9-10-11-12-13-14-15-16-18-22(17-6-2)23-24-19-20-25(23)21(3)4/h19-22H,5-18H2,1-4H3/p+1/t22-/m0/s1. The van der Waals surface area contributed by atoms with Crippen LogP contribution in [0.1, 0.15) is 135 Å². The molecule has 0 aliphatic heterocycles. The molecule has 146 valence electrons. The van der Waals surface area contributed by atoms with E-state index in [1.807, 2.05) is 0 Å². The van der Waals surface area contributed by atoms with Crippen LogP contribution in [0.4, 0.5) is 0 Å². The molecule has 0 unspecified atom stereocenters. The lowest BCUT2D eigenvalue weighted by molar-refractivity contribution is -0.723. The fourth-order valence-corrected chi connectivity index (χ4v) is 3.96. The molecule has 0 radical (unpaired) electrons. The van der Waals surface area contributed by atoms with E-state index in [9.17, 15) is 0 Å². The van der Waals surface area contributed by atoms with Gasteiger partial charge >= 0.3 is 0 Å². The molecule has 2 nitrogen and oxygen atoms in total. The minimum atomic E-state index is 0.554. The van der Waals surface area contributed by atoms with Crippen molar-refractivity contribution in [2.45, 2.75) is 130 Å². The first-order valence-electron chi connectivity index (χ1n) is 11.3. The summed E-state index contributed by atoms with van der Waals surface area (Å²) in [6, 6.07) is 0.554.